The summed E-state index contributed by atoms with van der Waals surface area (Å²) in [6.07, 6.45) is 0. The number of ketones is 1. The summed E-state index contributed by atoms with van der Waals surface area (Å²) in [5.41, 5.74) is 0.558. The molecule has 0 aliphatic rings. The summed E-state index contributed by atoms with van der Waals surface area (Å²) in [5.74, 6) is 0.363. The van der Waals surface area contributed by atoms with Crippen LogP contribution in [0.2, 0.25) is 0 Å². The molecule has 0 aromatic heterocycles. The first-order valence-corrected chi connectivity index (χ1v) is 10.2. The van der Waals surface area contributed by atoms with Crippen LogP contribution in [-0.4, -0.2) is 45.2 Å². The van der Waals surface area contributed by atoms with Gasteiger partial charge in [-0.1, -0.05) is 6.07 Å². The first-order chi connectivity index (χ1) is 15.4. The van der Waals surface area contributed by atoms with Crippen LogP contribution in [0.25, 0.3) is 0 Å². The maximum atomic E-state index is 13.0. The Morgan fingerprint density at radius 1 is 0.969 bits per heavy atom. The number of amides is 1. The summed E-state index contributed by atoms with van der Waals surface area (Å²) < 4.78 is 22.4. The molecule has 9 nitrogen and oxygen atoms in total. The number of halogens is 1. The van der Waals surface area contributed by atoms with Gasteiger partial charge in [0.1, 0.15) is 0 Å². The van der Waals surface area contributed by atoms with Crippen LogP contribution in [0.5, 0.6) is 23.0 Å². The van der Waals surface area contributed by atoms with Gasteiger partial charge in [-0.3, -0.25) is 9.59 Å². The molecule has 1 amide bonds. The summed E-state index contributed by atoms with van der Waals surface area (Å²) in [7, 11) is 2.95. The number of hydrogen-bond acceptors (Lipinski definition) is 8. The molecule has 32 heavy (non-hydrogen) atoms. The van der Waals surface area contributed by atoms with E-state index in [9.17, 15) is 9.59 Å². The molecule has 1 unspecified atom stereocenters. The molecule has 0 aliphatic heterocycles. The molecule has 2 aromatic rings. The van der Waals surface area contributed by atoms with Gasteiger partial charge < -0.3 is 18.9 Å². The Morgan fingerprint density at radius 2 is 1.56 bits per heavy atom. The van der Waals surface area contributed by atoms with E-state index in [1.165, 1.54) is 27.2 Å². The maximum Gasteiger partial charge on any atom is 0.276 e. The van der Waals surface area contributed by atoms with Gasteiger partial charge in [0, 0.05) is 17.8 Å². The van der Waals surface area contributed by atoms with E-state index < -0.39 is 17.7 Å². The summed E-state index contributed by atoms with van der Waals surface area (Å²) >= 11 is 6.25. The van der Waals surface area contributed by atoms with Gasteiger partial charge in [-0.2, -0.15) is 5.11 Å². The predicted molar refractivity (Wildman–Crippen MR) is 121 cm³/mol. The number of Topliss-reactive ketones (excluding diaryl/α,β-unsaturated/α-hetero) is 1. The van der Waals surface area contributed by atoms with E-state index in [0.717, 1.165) is 4.42 Å². The molecular weight excluding hydrogens is 438 g/mol. The predicted octanol–water partition coefficient (Wildman–Crippen LogP) is 4.73. The fraction of sp³-hybridized carbons (Fsp3) is 0.364. The first-order valence-electron chi connectivity index (χ1n) is 9.89. The third-order valence-corrected chi connectivity index (χ3v) is 4.60. The summed E-state index contributed by atoms with van der Waals surface area (Å²) in [4.78, 5) is 25.2. The van der Waals surface area contributed by atoms with Crippen LogP contribution in [0.3, 0.4) is 0 Å². The molecule has 172 valence electrons. The SMILES string of the molecule is CCOc1cccc(OCC)c1N=NC(C(C)=O)C(=O)N(Cl)c1ccc(OC)c(OC)c1. The van der Waals surface area contributed by atoms with Crippen molar-refractivity contribution in [2.75, 3.05) is 31.9 Å². The Hall–Kier alpha value is -3.33. The van der Waals surface area contributed by atoms with Crippen LogP contribution < -0.4 is 23.4 Å². The number of rotatable bonds is 11. The normalized spacial score (nSPS) is 11.7. The van der Waals surface area contributed by atoms with Crippen LogP contribution in [0.4, 0.5) is 11.4 Å². The minimum Gasteiger partial charge on any atom is -0.493 e. The van der Waals surface area contributed by atoms with Crippen LogP contribution >= 0.6 is 11.8 Å². The zero-order valence-corrected chi connectivity index (χ0v) is 19.4. The number of methoxy groups -OCH3 is 2. The Labute approximate surface area is 192 Å². The Bertz CT molecular complexity index is 958. The highest BCUT2D eigenvalue weighted by atomic mass is 35.5. The molecule has 0 saturated heterocycles. The average Bonchev–Trinajstić information content (AvgIpc) is 2.79. The molecule has 0 N–H and O–H groups in total. The number of benzene rings is 2. The molecule has 1 atom stereocenters. The van der Waals surface area contributed by atoms with Crippen molar-refractivity contribution in [3.8, 4) is 23.0 Å². The molecule has 0 fully saturated rings. The zero-order chi connectivity index (χ0) is 23.7. The molecule has 2 aromatic carbocycles. The van der Waals surface area contributed by atoms with Gasteiger partial charge in [-0.15, -0.1) is 5.11 Å². The van der Waals surface area contributed by atoms with Gasteiger partial charge >= 0.3 is 0 Å². The highest BCUT2D eigenvalue weighted by Gasteiger charge is 2.29. The first kappa shape index (κ1) is 24.9. The standard InChI is InChI=1S/C22H26ClN3O6/c1-6-31-17-9-8-10-18(32-7-2)21(17)25-24-20(14(3)27)22(28)26(23)15-11-12-16(29-4)19(13-15)30-5/h8-13,20H,6-7H2,1-5H3. The number of azo groups is 1. The van der Waals surface area contributed by atoms with E-state index in [2.05, 4.69) is 10.2 Å². The van der Waals surface area contributed by atoms with Crippen LogP contribution in [0, 0.1) is 0 Å². The highest BCUT2D eigenvalue weighted by molar-refractivity contribution is 6.39. The van der Waals surface area contributed by atoms with E-state index >= 15 is 0 Å². The lowest BCUT2D eigenvalue weighted by Crippen LogP contribution is -2.36. The smallest absolute Gasteiger partial charge is 0.276 e. The fourth-order valence-electron chi connectivity index (χ4n) is 2.75. The topological polar surface area (TPSA) is 99.0 Å². The van der Waals surface area contributed by atoms with Crippen molar-refractivity contribution in [3.63, 3.8) is 0 Å². The summed E-state index contributed by atoms with van der Waals surface area (Å²) in [6, 6.07) is 8.33. The third kappa shape index (κ3) is 5.88. The summed E-state index contributed by atoms with van der Waals surface area (Å²) in [5, 5.41) is 8.11. The van der Waals surface area contributed by atoms with Crippen molar-refractivity contribution in [3.05, 3.63) is 36.4 Å². The van der Waals surface area contributed by atoms with Crippen molar-refractivity contribution in [2.24, 2.45) is 10.2 Å². The second-order valence-electron chi connectivity index (χ2n) is 6.36. The number of carbonyl (C=O) groups is 2. The maximum absolute atomic E-state index is 13.0. The second-order valence-corrected chi connectivity index (χ2v) is 6.69. The lowest BCUT2D eigenvalue weighted by atomic mass is 10.2. The monoisotopic (exact) mass is 463 g/mol. The van der Waals surface area contributed by atoms with Crippen molar-refractivity contribution < 1.29 is 28.5 Å². The highest BCUT2D eigenvalue weighted by Crippen LogP contribution is 2.38. The number of nitrogens with zero attached hydrogens (tertiary/aromatic N) is 3. The van der Waals surface area contributed by atoms with Crippen LogP contribution in [0.1, 0.15) is 20.8 Å². The molecule has 10 heteroatoms. The van der Waals surface area contributed by atoms with E-state index in [1.807, 2.05) is 13.8 Å². The minimum atomic E-state index is -1.47. The number of ether oxygens (including phenoxy) is 4. The van der Waals surface area contributed by atoms with Gasteiger partial charge in [0.05, 0.1) is 33.1 Å². The fourth-order valence-corrected chi connectivity index (χ4v) is 2.94. The molecule has 0 spiro atoms. The quantitative estimate of drug-likeness (QED) is 0.271. The Balaban J connectivity index is 2.38. The molecule has 0 radical (unpaired) electrons. The Morgan fingerprint density at radius 3 is 2.06 bits per heavy atom. The van der Waals surface area contributed by atoms with Crippen LogP contribution in [0.15, 0.2) is 46.6 Å². The van der Waals surface area contributed by atoms with E-state index in [1.54, 1.807) is 30.3 Å². The van der Waals surface area contributed by atoms with E-state index in [0.29, 0.717) is 36.2 Å². The zero-order valence-electron chi connectivity index (χ0n) is 18.6. The second kappa shape index (κ2) is 11.9. The number of carbonyl (C=O) groups excluding carboxylic acids is 2. The molecular formula is C22H26ClN3O6. The number of anilines is 1. The van der Waals surface area contributed by atoms with Gasteiger partial charge in [0.2, 0.25) is 6.04 Å². The van der Waals surface area contributed by atoms with E-state index in [-0.39, 0.29) is 11.4 Å². The lowest BCUT2D eigenvalue weighted by Gasteiger charge is -2.18. The minimum absolute atomic E-state index is 0.278. The molecule has 0 heterocycles. The largest absolute Gasteiger partial charge is 0.493 e. The van der Waals surface area contributed by atoms with Gasteiger partial charge in [-0.25, -0.2) is 4.42 Å². The number of hydrogen-bond donors (Lipinski definition) is 0. The van der Waals surface area contributed by atoms with Crippen molar-refractivity contribution >= 4 is 34.8 Å². The lowest BCUT2D eigenvalue weighted by molar-refractivity contribution is -0.126. The average molecular weight is 464 g/mol. The molecule has 0 aliphatic carbocycles. The Kier molecular flexibility index (Phi) is 9.27. The molecule has 0 saturated carbocycles. The van der Waals surface area contributed by atoms with Gasteiger partial charge in [-0.05, 0) is 45.0 Å². The van der Waals surface area contributed by atoms with E-state index in [4.69, 9.17) is 30.7 Å². The third-order valence-electron chi connectivity index (χ3n) is 4.24. The van der Waals surface area contributed by atoms with Crippen molar-refractivity contribution in [2.45, 2.75) is 26.8 Å². The molecule has 2 rings (SSSR count). The molecule has 0 bridgehead atoms. The van der Waals surface area contributed by atoms with Gasteiger partial charge in [0.25, 0.3) is 5.91 Å². The summed E-state index contributed by atoms with van der Waals surface area (Å²) in [6.45, 7) is 5.66. The van der Waals surface area contributed by atoms with Gasteiger partial charge in [0.15, 0.2) is 34.5 Å². The van der Waals surface area contributed by atoms with Crippen LogP contribution in [-0.2, 0) is 9.59 Å². The van der Waals surface area contributed by atoms with Crippen molar-refractivity contribution in [1.82, 2.24) is 0 Å². The van der Waals surface area contributed by atoms with Crippen molar-refractivity contribution in [1.29, 1.82) is 0 Å².